The van der Waals surface area contributed by atoms with Gasteiger partial charge in [0.1, 0.15) is 5.82 Å². The fourth-order valence-corrected chi connectivity index (χ4v) is 3.17. The first-order valence-corrected chi connectivity index (χ1v) is 9.55. The summed E-state index contributed by atoms with van der Waals surface area (Å²) in [5, 5.41) is 14.4. The van der Waals surface area contributed by atoms with Crippen LogP contribution in [-0.4, -0.2) is 38.5 Å². The molecule has 0 atom stereocenters. The second kappa shape index (κ2) is 8.62. The molecule has 0 aliphatic rings. The van der Waals surface area contributed by atoms with Gasteiger partial charge in [0.15, 0.2) is 6.61 Å². The summed E-state index contributed by atoms with van der Waals surface area (Å²) in [5.74, 6) is -0.657. The molecule has 9 nitrogen and oxygen atoms in total. The molecule has 0 saturated carbocycles. The normalized spacial score (nSPS) is 10.7. The van der Waals surface area contributed by atoms with E-state index >= 15 is 0 Å². The molecule has 0 fully saturated rings. The first-order chi connectivity index (χ1) is 15.0. The van der Waals surface area contributed by atoms with Gasteiger partial charge in [-0.2, -0.15) is 10.2 Å². The van der Waals surface area contributed by atoms with E-state index in [9.17, 15) is 14.4 Å². The van der Waals surface area contributed by atoms with E-state index in [1.54, 1.807) is 35.0 Å². The highest BCUT2D eigenvalue weighted by molar-refractivity contribution is 5.93. The highest BCUT2D eigenvalue weighted by atomic mass is 16.5. The molecule has 0 spiro atoms. The number of carbonyl (C=O) groups is 2. The monoisotopic (exact) mass is 417 g/mol. The van der Waals surface area contributed by atoms with Gasteiger partial charge in [0.05, 0.1) is 28.9 Å². The SMILES string of the molecule is Cc1cc(NC(=O)COC(=O)Cc2n[nH]c(=O)c3ccccc23)n(-c2ccccc2)n1. The number of aromatic nitrogens is 4. The number of H-pyrrole nitrogens is 1. The van der Waals surface area contributed by atoms with Gasteiger partial charge in [-0.3, -0.25) is 14.4 Å². The van der Waals surface area contributed by atoms with Crippen molar-refractivity contribution in [3.8, 4) is 5.69 Å². The van der Waals surface area contributed by atoms with Crippen LogP contribution in [0, 0.1) is 6.92 Å². The molecular weight excluding hydrogens is 398 g/mol. The highest BCUT2D eigenvalue weighted by Crippen LogP contribution is 2.17. The summed E-state index contributed by atoms with van der Waals surface area (Å²) in [6.45, 7) is 1.36. The number of anilines is 1. The van der Waals surface area contributed by atoms with Crippen molar-refractivity contribution in [1.82, 2.24) is 20.0 Å². The minimum absolute atomic E-state index is 0.175. The summed E-state index contributed by atoms with van der Waals surface area (Å²) < 4.78 is 6.70. The van der Waals surface area contributed by atoms with Gasteiger partial charge >= 0.3 is 5.97 Å². The van der Waals surface area contributed by atoms with E-state index in [4.69, 9.17) is 4.74 Å². The van der Waals surface area contributed by atoms with Crippen LogP contribution >= 0.6 is 0 Å². The molecule has 9 heteroatoms. The van der Waals surface area contributed by atoms with Crippen LogP contribution in [0.1, 0.15) is 11.4 Å². The van der Waals surface area contributed by atoms with Crippen molar-refractivity contribution in [2.45, 2.75) is 13.3 Å². The van der Waals surface area contributed by atoms with Gasteiger partial charge in [0.2, 0.25) is 0 Å². The van der Waals surface area contributed by atoms with E-state index in [-0.39, 0.29) is 12.0 Å². The van der Waals surface area contributed by atoms with E-state index in [0.717, 1.165) is 11.4 Å². The Morgan fingerprint density at radius 2 is 1.77 bits per heavy atom. The lowest BCUT2D eigenvalue weighted by Gasteiger charge is -2.09. The Morgan fingerprint density at radius 1 is 1.06 bits per heavy atom. The van der Waals surface area contributed by atoms with Crippen molar-refractivity contribution in [1.29, 1.82) is 0 Å². The third-order valence-corrected chi connectivity index (χ3v) is 4.55. The lowest BCUT2D eigenvalue weighted by Crippen LogP contribution is -2.23. The van der Waals surface area contributed by atoms with E-state index in [1.807, 2.05) is 37.3 Å². The summed E-state index contributed by atoms with van der Waals surface area (Å²) >= 11 is 0. The number of hydrogen-bond acceptors (Lipinski definition) is 6. The number of aryl methyl sites for hydroxylation is 1. The lowest BCUT2D eigenvalue weighted by atomic mass is 10.1. The van der Waals surface area contributed by atoms with Crippen LogP contribution in [0.15, 0.2) is 65.5 Å². The van der Waals surface area contributed by atoms with Crippen molar-refractivity contribution in [3.05, 3.63) is 82.4 Å². The van der Waals surface area contributed by atoms with Crippen molar-refractivity contribution >= 4 is 28.5 Å². The molecule has 31 heavy (non-hydrogen) atoms. The molecule has 0 bridgehead atoms. The number of carbonyl (C=O) groups excluding carboxylic acids is 2. The number of esters is 1. The second-order valence-corrected chi connectivity index (χ2v) is 6.85. The summed E-state index contributed by atoms with van der Waals surface area (Å²) in [5.41, 5.74) is 1.56. The third-order valence-electron chi connectivity index (χ3n) is 4.55. The molecule has 2 aromatic carbocycles. The number of hydrogen-bond donors (Lipinski definition) is 2. The molecule has 0 aliphatic carbocycles. The van der Waals surface area contributed by atoms with E-state index in [0.29, 0.717) is 22.3 Å². The first kappa shape index (κ1) is 20.0. The first-order valence-electron chi connectivity index (χ1n) is 9.55. The molecule has 2 N–H and O–H groups in total. The minimum atomic E-state index is -0.632. The van der Waals surface area contributed by atoms with E-state index in [1.165, 1.54) is 0 Å². The predicted molar refractivity (Wildman–Crippen MR) is 114 cm³/mol. The topological polar surface area (TPSA) is 119 Å². The van der Waals surface area contributed by atoms with Crippen LogP contribution < -0.4 is 10.9 Å². The van der Waals surface area contributed by atoms with Crippen LogP contribution in [0.2, 0.25) is 0 Å². The zero-order valence-corrected chi connectivity index (χ0v) is 16.7. The fraction of sp³-hybridized carbons (Fsp3) is 0.136. The highest BCUT2D eigenvalue weighted by Gasteiger charge is 2.15. The van der Waals surface area contributed by atoms with Crippen molar-refractivity contribution in [3.63, 3.8) is 0 Å². The lowest BCUT2D eigenvalue weighted by molar-refractivity contribution is -0.146. The summed E-state index contributed by atoms with van der Waals surface area (Å²) in [6, 6.07) is 17.9. The number of benzene rings is 2. The molecule has 4 aromatic rings. The minimum Gasteiger partial charge on any atom is -0.455 e. The van der Waals surface area contributed by atoms with Crippen LogP contribution in [0.25, 0.3) is 16.5 Å². The number of ether oxygens (including phenoxy) is 1. The van der Waals surface area contributed by atoms with Gasteiger partial charge in [0, 0.05) is 11.5 Å². The van der Waals surface area contributed by atoms with Crippen LogP contribution in [-0.2, 0) is 20.7 Å². The van der Waals surface area contributed by atoms with Crippen LogP contribution in [0.4, 0.5) is 5.82 Å². The molecular formula is C22H19N5O4. The molecule has 156 valence electrons. The van der Waals surface area contributed by atoms with Crippen molar-refractivity contribution in [2.75, 3.05) is 11.9 Å². The number of para-hydroxylation sites is 1. The van der Waals surface area contributed by atoms with Gasteiger partial charge in [-0.05, 0) is 25.1 Å². The predicted octanol–water partition coefficient (Wildman–Crippen LogP) is 2.14. The Bertz CT molecular complexity index is 1310. The smallest absolute Gasteiger partial charge is 0.312 e. The number of rotatable bonds is 6. The Labute approximate surface area is 176 Å². The Balaban J connectivity index is 1.40. The average molecular weight is 417 g/mol. The summed E-state index contributed by atoms with van der Waals surface area (Å²) in [4.78, 5) is 36.4. The Morgan fingerprint density at radius 3 is 2.55 bits per heavy atom. The number of aromatic amines is 1. The number of nitrogens with zero attached hydrogens (tertiary/aromatic N) is 3. The standard InChI is InChI=1S/C22H19N5O4/c1-14-11-19(27(26-14)15-7-3-2-4-8-15)23-20(28)13-31-21(29)12-18-16-9-5-6-10-17(16)22(30)25-24-18/h2-11H,12-13H2,1H3,(H,23,28)(H,25,30). The van der Waals surface area contributed by atoms with Gasteiger partial charge in [0.25, 0.3) is 11.5 Å². The average Bonchev–Trinajstić information content (AvgIpc) is 3.15. The number of nitrogens with one attached hydrogen (secondary N) is 2. The van der Waals surface area contributed by atoms with E-state index < -0.39 is 18.5 Å². The molecule has 4 rings (SSSR count). The molecule has 0 radical (unpaired) electrons. The number of amides is 1. The Hall–Kier alpha value is -4.27. The molecule has 1 amide bonds. The maximum Gasteiger partial charge on any atom is 0.312 e. The van der Waals surface area contributed by atoms with Crippen LogP contribution in [0.5, 0.6) is 0 Å². The molecule has 0 aliphatic heterocycles. The van der Waals surface area contributed by atoms with Gasteiger partial charge < -0.3 is 10.1 Å². The zero-order chi connectivity index (χ0) is 21.8. The van der Waals surface area contributed by atoms with Gasteiger partial charge in [-0.25, -0.2) is 9.78 Å². The number of fused-ring (bicyclic) bond motifs is 1. The summed E-state index contributed by atoms with van der Waals surface area (Å²) in [7, 11) is 0. The third kappa shape index (κ3) is 4.50. The molecule has 0 unspecified atom stereocenters. The largest absolute Gasteiger partial charge is 0.455 e. The van der Waals surface area contributed by atoms with Gasteiger partial charge in [-0.1, -0.05) is 36.4 Å². The van der Waals surface area contributed by atoms with Crippen LogP contribution in [0.3, 0.4) is 0 Å². The maximum atomic E-state index is 12.3. The quantitative estimate of drug-likeness (QED) is 0.464. The molecule has 2 heterocycles. The molecule has 2 aromatic heterocycles. The Kier molecular flexibility index (Phi) is 5.57. The maximum absolute atomic E-state index is 12.3. The second-order valence-electron chi connectivity index (χ2n) is 6.85. The van der Waals surface area contributed by atoms with Crippen molar-refractivity contribution < 1.29 is 14.3 Å². The molecule has 0 saturated heterocycles. The zero-order valence-electron chi connectivity index (χ0n) is 16.7. The van der Waals surface area contributed by atoms with Crippen molar-refractivity contribution in [2.24, 2.45) is 0 Å². The fourth-order valence-electron chi connectivity index (χ4n) is 3.17. The summed E-state index contributed by atoms with van der Waals surface area (Å²) in [6.07, 6.45) is -0.175. The van der Waals surface area contributed by atoms with Gasteiger partial charge in [-0.15, -0.1) is 0 Å². The van der Waals surface area contributed by atoms with E-state index in [2.05, 4.69) is 20.6 Å².